The maximum atomic E-state index is 13.1. The van der Waals surface area contributed by atoms with Crippen LogP contribution < -0.4 is 0 Å². The average Bonchev–Trinajstić information content (AvgIpc) is 3.96. The highest BCUT2D eigenvalue weighted by atomic mass is 16.6. The summed E-state index contributed by atoms with van der Waals surface area (Å²) < 4.78 is 5.77. The Bertz CT molecular complexity index is 1970. The first kappa shape index (κ1) is 31.8. The van der Waals surface area contributed by atoms with Gasteiger partial charge in [-0.3, -0.25) is 9.89 Å². The lowest BCUT2D eigenvalue weighted by Crippen LogP contribution is -2.43. The molecule has 1 spiro atoms. The van der Waals surface area contributed by atoms with Crippen molar-refractivity contribution >= 4 is 17.5 Å². The molecule has 1 saturated heterocycles. The van der Waals surface area contributed by atoms with Crippen LogP contribution in [0, 0.1) is 0 Å². The van der Waals surface area contributed by atoms with E-state index in [9.17, 15) is 4.79 Å². The van der Waals surface area contributed by atoms with Crippen LogP contribution in [0.1, 0.15) is 120 Å². The molecule has 6 heteroatoms. The average molecular weight is 667 g/mol. The second-order valence-corrected chi connectivity index (χ2v) is 16.7. The molecule has 9 rings (SSSR count). The van der Waals surface area contributed by atoms with Crippen molar-refractivity contribution in [1.29, 1.82) is 0 Å². The van der Waals surface area contributed by atoms with Crippen molar-refractivity contribution in [1.82, 2.24) is 14.9 Å². The second kappa shape index (κ2) is 12.2. The van der Waals surface area contributed by atoms with E-state index in [1.165, 1.54) is 91.2 Å². The highest BCUT2D eigenvalue weighted by Gasteiger charge is 2.44. The molecule has 1 atom stereocenters. The number of imidazole rings is 1. The SMILES string of the molecule is CC(C)(C)OC(=O)N1CCC[C@H]1C1=Nc2ccc(-c3ccc(-c4ccc(-c5cnc(C6CCCC6)[nH]5)cc4)c4c3C3(CCCC3)CC4)cc2C1. The Morgan fingerprint density at radius 1 is 0.860 bits per heavy atom. The van der Waals surface area contributed by atoms with Gasteiger partial charge in [-0.15, -0.1) is 0 Å². The molecule has 3 aliphatic carbocycles. The number of H-pyrrole nitrogens is 1. The number of likely N-dealkylation sites (tertiary alicyclic amines) is 1. The van der Waals surface area contributed by atoms with Gasteiger partial charge in [0, 0.05) is 24.6 Å². The molecular weight excluding hydrogens is 617 g/mol. The van der Waals surface area contributed by atoms with Crippen LogP contribution in [0.4, 0.5) is 10.5 Å². The lowest BCUT2D eigenvalue weighted by atomic mass is 9.76. The quantitative estimate of drug-likeness (QED) is 0.230. The van der Waals surface area contributed by atoms with Crippen LogP contribution in [0.2, 0.25) is 0 Å². The third-order valence-electron chi connectivity index (χ3n) is 12.4. The number of carbonyl (C=O) groups excluding carboxylic acids is 1. The van der Waals surface area contributed by atoms with Crippen LogP contribution in [0.15, 0.2) is 65.8 Å². The normalized spacial score (nSPS) is 21.2. The topological polar surface area (TPSA) is 70.6 Å². The van der Waals surface area contributed by atoms with Gasteiger partial charge in [-0.2, -0.15) is 0 Å². The zero-order valence-electron chi connectivity index (χ0n) is 30.0. The number of benzene rings is 3. The summed E-state index contributed by atoms with van der Waals surface area (Å²) in [4.78, 5) is 28.5. The van der Waals surface area contributed by atoms with Crippen molar-refractivity contribution in [3.05, 3.63) is 83.3 Å². The number of hydrogen-bond acceptors (Lipinski definition) is 4. The van der Waals surface area contributed by atoms with Gasteiger partial charge in [0.25, 0.3) is 0 Å². The largest absolute Gasteiger partial charge is 0.444 e. The number of amides is 1. The van der Waals surface area contributed by atoms with Crippen LogP contribution in [-0.4, -0.2) is 44.9 Å². The van der Waals surface area contributed by atoms with Crippen molar-refractivity contribution in [2.24, 2.45) is 4.99 Å². The van der Waals surface area contributed by atoms with E-state index in [1.54, 1.807) is 11.1 Å². The molecule has 1 aromatic heterocycles. The van der Waals surface area contributed by atoms with Crippen molar-refractivity contribution in [2.75, 3.05) is 6.54 Å². The first-order valence-electron chi connectivity index (χ1n) is 19.3. The fourth-order valence-corrected chi connectivity index (χ4v) is 10.0. The third-order valence-corrected chi connectivity index (χ3v) is 12.4. The Hall–Kier alpha value is -4.19. The minimum absolute atomic E-state index is 0.0139. The van der Waals surface area contributed by atoms with E-state index >= 15 is 0 Å². The first-order chi connectivity index (χ1) is 24.2. The van der Waals surface area contributed by atoms with Gasteiger partial charge in [-0.1, -0.05) is 68.1 Å². The molecule has 4 aromatic rings. The molecule has 0 bridgehead atoms. The smallest absolute Gasteiger partial charge is 0.410 e. The molecule has 2 saturated carbocycles. The van der Waals surface area contributed by atoms with Gasteiger partial charge in [0.2, 0.25) is 0 Å². The van der Waals surface area contributed by atoms with Crippen LogP contribution in [0.5, 0.6) is 0 Å². The van der Waals surface area contributed by atoms with Gasteiger partial charge in [-0.25, -0.2) is 9.78 Å². The lowest BCUT2D eigenvalue weighted by molar-refractivity contribution is 0.0265. The summed E-state index contributed by atoms with van der Waals surface area (Å²) in [6, 6.07) is 20.9. The number of nitrogens with one attached hydrogen (secondary N) is 1. The van der Waals surface area contributed by atoms with Gasteiger partial charge in [0.05, 0.1) is 23.6 Å². The molecule has 6 nitrogen and oxygen atoms in total. The Balaban J connectivity index is 1.01. The van der Waals surface area contributed by atoms with E-state index in [-0.39, 0.29) is 17.6 Å². The molecule has 3 aromatic carbocycles. The molecule has 258 valence electrons. The second-order valence-electron chi connectivity index (χ2n) is 16.7. The Morgan fingerprint density at radius 2 is 1.60 bits per heavy atom. The van der Waals surface area contributed by atoms with Gasteiger partial charge in [0.15, 0.2) is 0 Å². The van der Waals surface area contributed by atoms with Crippen molar-refractivity contribution in [3.8, 4) is 33.5 Å². The summed E-state index contributed by atoms with van der Waals surface area (Å²) in [6.07, 6.45) is 17.3. The van der Waals surface area contributed by atoms with E-state index < -0.39 is 5.60 Å². The monoisotopic (exact) mass is 666 g/mol. The van der Waals surface area contributed by atoms with Crippen molar-refractivity contribution < 1.29 is 9.53 Å². The minimum atomic E-state index is -0.506. The Morgan fingerprint density at radius 3 is 2.38 bits per heavy atom. The van der Waals surface area contributed by atoms with E-state index in [1.807, 2.05) is 31.9 Å². The van der Waals surface area contributed by atoms with Gasteiger partial charge in [-0.05, 0) is 134 Å². The summed E-state index contributed by atoms with van der Waals surface area (Å²) in [5.41, 5.74) is 14.1. The van der Waals surface area contributed by atoms with E-state index in [0.717, 1.165) is 55.1 Å². The molecule has 1 N–H and O–H groups in total. The maximum absolute atomic E-state index is 13.1. The minimum Gasteiger partial charge on any atom is -0.444 e. The van der Waals surface area contributed by atoms with Crippen LogP contribution in [-0.2, 0) is 23.0 Å². The fourth-order valence-electron chi connectivity index (χ4n) is 10.0. The summed E-state index contributed by atoms with van der Waals surface area (Å²) >= 11 is 0. The Labute approximate surface area is 296 Å². The van der Waals surface area contributed by atoms with E-state index in [0.29, 0.717) is 5.92 Å². The molecule has 0 radical (unpaired) electrons. The molecular formula is C44H50N4O2. The summed E-state index contributed by atoms with van der Waals surface area (Å²) in [5, 5.41) is 0. The fraction of sp³-hybridized carbons (Fsp3) is 0.477. The molecule has 50 heavy (non-hydrogen) atoms. The number of nitrogens with zero attached hydrogens (tertiary/aromatic N) is 3. The summed E-state index contributed by atoms with van der Waals surface area (Å²) in [5.74, 6) is 1.75. The van der Waals surface area contributed by atoms with E-state index in [2.05, 4.69) is 59.6 Å². The van der Waals surface area contributed by atoms with Crippen LogP contribution in [0.3, 0.4) is 0 Å². The molecule has 3 heterocycles. The number of hydrogen-bond donors (Lipinski definition) is 1. The van der Waals surface area contributed by atoms with Crippen LogP contribution >= 0.6 is 0 Å². The standard InChI is InChI=1S/C44H50N4O2/c1-43(2,3)50-42(49)48-24-8-11-39(48)37-26-32-25-31(16-19-36(32)46-37)34-18-17-33(35-20-23-44(40(34)35)21-6-7-22-44)28-12-14-29(15-13-28)38-27-45-41(47-38)30-9-4-5-10-30/h12-19,25,27,30,39H,4-11,20-24,26H2,1-3H3,(H,45,47)/t39-/m0/s1. The number of aliphatic imine (C=N–C) groups is 1. The lowest BCUT2D eigenvalue weighted by Gasteiger charge is -2.28. The van der Waals surface area contributed by atoms with Crippen molar-refractivity contribution in [3.63, 3.8) is 0 Å². The van der Waals surface area contributed by atoms with Gasteiger partial charge < -0.3 is 9.72 Å². The third kappa shape index (κ3) is 5.59. The molecule has 2 aliphatic heterocycles. The maximum Gasteiger partial charge on any atom is 0.410 e. The number of aromatic nitrogens is 2. The predicted octanol–water partition coefficient (Wildman–Crippen LogP) is 10.9. The highest BCUT2D eigenvalue weighted by Crippen LogP contribution is 2.55. The number of aromatic amines is 1. The van der Waals surface area contributed by atoms with Crippen molar-refractivity contribution in [2.45, 2.75) is 127 Å². The van der Waals surface area contributed by atoms with Gasteiger partial charge >= 0.3 is 6.09 Å². The number of rotatable bonds is 5. The number of carbonyl (C=O) groups is 1. The summed E-state index contributed by atoms with van der Waals surface area (Å²) in [6.45, 7) is 6.53. The molecule has 5 aliphatic rings. The van der Waals surface area contributed by atoms with Crippen LogP contribution in [0.25, 0.3) is 33.5 Å². The van der Waals surface area contributed by atoms with E-state index in [4.69, 9.17) is 14.7 Å². The molecule has 3 fully saturated rings. The predicted molar refractivity (Wildman–Crippen MR) is 201 cm³/mol. The molecule has 1 amide bonds. The molecule has 0 unspecified atom stereocenters. The Kier molecular flexibility index (Phi) is 7.78. The zero-order valence-corrected chi connectivity index (χ0v) is 30.0. The first-order valence-corrected chi connectivity index (χ1v) is 19.3. The van der Waals surface area contributed by atoms with Gasteiger partial charge in [0.1, 0.15) is 11.4 Å². The number of ether oxygens (including phenoxy) is 1. The summed E-state index contributed by atoms with van der Waals surface area (Å²) in [7, 11) is 0. The highest BCUT2D eigenvalue weighted by molar-refractivity contribution is 6.00. The zero-order chi connectivity index (χ0) is 34.0. The number of fused-ring (bicyclic) bond motifs is 3.